The van der Waals surface area contributed by atoms with Gasteiger partial charge in [-0.25, -0.2) is 0 Å². The lowest BCUT2D eigenvalue weighted by Gasteiger charge is -2.34. The van der Waals surface area contributed by atoms with Crippen molar-refractivity contribution < 1.29 is 4.74 Å². The van der Waals surface area contributed by atoms with Gasteiger partial charge in [-0.1, -0.05) is 6.92 Å². The van der Waals surface area contributed by atoms with Crippen molar-refractivity contribution in [1.29, 1.82) is 0 Å². The van der Waals surface area contributed by atoms with E-state index in [0.29, 0.717) is 0 Å². The monoisotopic (exact) mass is 227 g/mol. The van der Waals surface area contributed by atoms with Crippen LogP contribution in [0.2, 0.25) is 0 Å². The van der Waals surface area contributed by atoms with E-state index >= 15 is 0 Å². The first kappa shape index (κ1) is 12.7. The van der Waals surface area contributed by atoms with Crippen LogP contribution in [0.15, 0.2) is 16.8 Å². The fourth-order valence-electron chi connectivity index (χ4n) is 1.86. The van der Waals surface area contributed by atoms with Gasteiger partial charge in [0.2, 0.25) is 0 Å². The molecule has 86 valence electrons. The topological polar surface area (TPSA) is 21.3 Å². The van der Waals surface area contributed by atoms with Crippen LogP contribution < -0.4 is 5.32 Å². The summed E-state index contributed by atoms with van der Waals surface area (Å²) in [5, 5.41) is 7.79. The van der Waals surface area contributed by atoms with Crippen LogP contribution in [-0.2, 0) is 4.74 Å². The third kappa shape index (κ3) is 3.30. The molecule has 0 fully saturated rings. The smallest absolute Gasteiger partial charge is 0.0820 e. The standard InChI is InChI=1S/C12H21NOS/c1-5-13-11(10-7-8-15-9-10)12(3,4)14-6-2/h7-9,11,13H,5-6H2,1-4H3. The van der Waals surface area contributed by atoms with E-state index in [1.165, 1.54) is 5.56 Å². The second-order valence-corrected chi connectivity index (χ2v) is 4.86. The van der Waals surface area contributed by atoms with Crippen molar-refractivity contribution in [3.8, 4) is 0 Å². The lowest BCUT2D eigenvalue weighted by atomic mass is 9.93. The van der Waals surface area contributed by atoms with E-state index in [4.69, 9.17) is 4.74 Å². The van der Waals surface area contributed by atoms with Gasteiger partial charge >= 0.3 is 0 Å². The van der Waals surface area contributed by atoms with Crippen molar-refractivity contribution in [3.05, 3.63) is 22.4 Å². The molecule has 1 N–H and O–H groups in total. The molecule has 1 aromatic rings. The molecule has 0 aliphatic heterocycles. The zero-order valence-electron chi connectivity index (χ0n) is 10.0. The minimum absolute atomic E-state index is 0.161. The maximum absolute atomic E-state index is 5.81. The molecule has 0 amide bonds. The third-order valence-electron chi connectivity index (χ3n) is 2.50. The Morgan fingerprint density at radius 3 is 2.67 bits per heavy atom. The van der Waals surface area contributed by atoms with Crippen molar-refractivity contribution in [2.45, 2.75) is 39.3 Å². The Bertz CT molecular complexity index is 269. The molecule has 1 unspecified atom stereocenters. The maximum atomic E-state index is 5.81. The summed E-state index contributed by atoms with van der Waals surface area (Å²) in [7, 11) is 0. The lowest BCUT2D eigenvalue weighted by molar-refractivity contribution is -0.0387. The van der Waals surface area contributed by atoms with Gasteiger partial charge in [0.15, 0.2) is 0 Å². The van der Waals surface area contributed by atoms with Crippen molar-refractivity contribution in [2.75, 3.05) is 13.2 Å². The maximum Gasteiger partial charge on any atom is 0.0820 e. The van der Waals surface area contributed by atoms with Crippen LogP contribution in [-0.4, -0.2) is 18.8 Å². The van der Waals surface area contributed by atoms with Crippen LogP contribution in [0.5, 0.6) is 0 Å². The average Bonchev–Trinajstić information content (AvgIpc) is 2.66. The van der Waals surface area contributed by atoms with Gasteiger partial charge in [0, 0.05) is 6.61 Å². The van der Waals surface area contributed by atoms with E-state index in [0.717, 1.165) is 13.2 Å². The van der Waals surface area contributed by atoms with E-state index in [1.807, 2.05) is 6.92 Å². The third-order valence-corrected chi connectivity index (χ3v) is 3.20. The van der Waals surface area contributed by atoms with Gasteiger partial charge in [0.25, 0.3) is 0 Å². The molecule has 0 aliphatic rings. The van der Waals surface area contributed by atoms with E-state index in [2.05, 4.69) is 42.9 Å². The van der Waals surface area contributed by atoms with Crippen molar-refractivity contribution >= 4 is 11.3 Å². The van der Waals surface area contributed by atoms with Gasteiger partial charge < -0.3 is 10.1 Å². The summed E-state index contributed by atoms with van der Waals surface area (Å²) < 4.78 is 5.81. The Hall–Kier alpha value is -0.380. The molecule has 0 saturated carbocycles. The number of ether oxygens (including phenoxy) is 1. The molecule has 15 heavy (non-hydrogen) atoms. The number of likely N-dealkylation sites (N-methyl/N-ethyl adjacent to an activating group) is 1. The molecule has 1 atom stereocenters. The summed E-state index contributed by atoms with van der Waals surface area (Å²) in [6, 6.07) is 2.44. The quantitative estimate of drug-likeness (QED) is 0.805. The highest BCUT2D eigenvalue weighted by Gasteiger charge is 2.30. The average molecular weight is 227 g/mol. The Morgan fingerprint density at radius 2 is 2.20 bits per heavy atom. The molecule has 1 rings (SSSR count). The first-order valence-electron chi connectivity index (χ1n) is 5.51. The second-order valence-electron chi connectivity index (χ2n) is 4.08. The molecular formula is C12H21NOS. The lowest BCUT2D eigenvalue weighted by Crippen LogP contribution is -2.41. The fourth-order valence-corrected chi connectivity index (χ4v) is 2.55. The molecule has 0 spiro atoms. The van der Waals surface area contributed by atoms with Crippen LogP contribution in [0, 0.1) is 0 Å². The number of rotatable bonds is 6. The van der Waals surface area contributed by atoms with Crippen LogP contribution in [0.3, 0.4) is 0 Å². The first-order valence-corrected chi connectivity index (χ1v) is 6.45. The van der Waals surface area contributed by atoms with Gasteiger partial charge in [0.05, 0.1) is 11.6 Å². The summed E-state index contributed by atoms with van der Waals surface area (Å²) in [4.78, 5) is 0. The molecule has 0 aliphatic carbocycles. The summed E-state index contributed by atoms with van der Waals surface area (Å²) in [6.45, 7) is 10.2. The summed E-state index contributed by atoms with van der Waals surface area (Å²) in [6.07, 6.45) is 0. The minimum Gasteiger partial charge on any atom is -0.374 e. The van der Waals surface area contributed by atoms with Crippen LogP contribution in [0.4, 0.5) is 0 Å². The van der Waals surface area contributed by atoms with E-state index < -0.39 is 0 Å². The first-order chi connectivity index (χ1) is 7.11. The van der Waals surface area contributed by atoms with Crippen LogP contribution in [0.1, 0.15) is 39.3 Å². The number of nitrogens with one attached hydrogen (secondary N) is 1. The normalized spacial score (nSPS) is 14.1. The van der Waals surface area contributed by atoms with Crippen molar-refractivity contribution in [1.82, 2.24) is 5.32 Å². The molecule has 1 aromatic heterocycles. The summed E-state index contributed by atoms with van der Waals surface area (Å²) in [5.41, 5.74) is 1.16. The van der Waals surface area contributed by atoms with Crippen LogP contribution in [0.25, 0.3) is 0 Å². The summed E-state index contributed by atoms with van der Waals surface area (Å²) >= 11 is 1.73. The molecule has 0 aromatic carbocycles. The SMILES string of the molecule is CCNC(c1ccsc1)C(C)(C)OCC. The Morgan fingerprint density at radius 1 is 1.47 bits per heavy atom. The van der Waals surface area contributed by atoms with Gasteiger partial charge in [-0.15, -0.1) is 0 Å². The second kappa shape index (κ2) is 5.64. The van der Waals surface area contributed by atoms with Crippen LogP contribution >= 0.6 is 11.3 Å². The van der Waals surface area contributed by atoms with Crippen molar-refractivity contribution in [2.24, 2.45) is 0 Å². The molecule has 1 heterocycles. The molecule has 0 bridgehead atoms. The number of thiophene rings is 1. The summed E-state index contributed by atoms with van der Waals surface area (Å²) in [5.74, 6) is 0. The highest BCUT2D eigenvalue weighted by Crippen LogP contribution is 2.30. The Kier molecular flexibility index (Phi) is 4.77. The molecule has 0 saturated heterocycles. The number of hydrogen-bond acceptors (Lipinski definition) is 3. The number of hydrogen-bond donors (Lipinski definition) is 1. The Balaban J connectivity index is 2.82. The molecule has 2 nitrogen and oxygen atoms in total. The zero-order chi connectivity index (χ0) is 11.3. The predicted octanol–water partition coefficient (Wildman–Crippen LogP) is 3.21. The zero-order valence-corrected chi connectivity index (χ0v) is 10.9. The van der Waals surface area contributed by atoms with E-state index in [-0.39, 0.29) is 11.6 Å². The molecular weight excluding hydrogens is 206 g/mol. The highest BCUT2D eigenvalue weighted by atomic mass is 32.1. The highest BCUT2D eigenvalue weighted by molar-refractivity contribution is 7.07. The van der Waals surface area contributed by atoms with E-state index in [9.17, 15) is 0 Å². The Labute approximate surface area is 96.7 Å². The fraction of sp³-hybridized carbons (Fsp3) is 0.667. The predicted molar refractivity (Wildman–Crippen MR) is 66.4 cm³/mol. The van der Waals surface area contributed by atoms with Gasteiger partial charge in [-0.3, -0.25) is 0 Å². The van der Waals surface area contributed by atoms with Gasteiger partial charge in [0.1, 0.15) is 0 Å². The minimum atomic E-state index is -0.161. The molecule has 0 radical (unpaired) electrons. The van der Waals surface area contributed by atoms with E-state index in [1.54, 1.807) is 11.3 Å². The van der Waals surface area contributed by atoms with Gasteiger partial charge in [-0.2, -0.15) is 11.3 Å². The van der Waals surface area contributed by atoms with Gasteiger partial charge in [-0.05, 0) is 49.7 Å². The molecule has 3 heteroatoms. The largest absolute Gasteiger partial charge is 0.374 e. The van der Waals surface area contributed by atoms with Crippen molar-refractivity contribution in [3.63, 3.8) is 0 Å².